The average molecular weight is 215 g/mol. The zero-order chi connectivity index (χ0) is 12.0. The molecule has 0 aromatic heterocycles. The van der Waals surface area contributed by atoms with Gasteiger partial charge in [-0.1, -0.05) is 38.1 Å². The van der Waals surface area contributed by atoms with Gasteiger partial charge in [0.05, 0.1) is 0 Å². The van der Waals surface area contributed by atoms with Crippen LogP contribution in [0.15, 0.2) is 30.0 Å². The van der Waals surface area contributed by atoms with Crippen LogP contribution in [0.4, 0.5) is 0 Å². The molecule has 0 aliphatic rings. The van der Waals surface area contributed by atoms with Crippen LogP contribution in [0.1, 0.15) is 30.9 Å². The maximum Gasteiger partial charge on any atom is 0.299 e. The van der Waals surface area contributed by atoms with Gasteiger partial charge in [0.25, 0.3) is 6.47 Å². The Labute approximate surface area is 95.0 Å². The Hall–Kier alpha value is -2.08. The Kier molecular flexibility index (Phi) is 4.28. The third kappa shape index (κ3) is 3.25. The molecule has 0 radical (unpaired) electrons. The minimum absolute atomic E-state index is 0.00713. The number of hydrogen-bond acceptors (Lipinski definition) is 3. The van der Waals surface area contributed by atoms with Crippen LogP contribution < -0.4 is 0 Å². The van der Waals surface area contributed by atoms with Crippen molar-refractivity contribution in [1.29, 1.82) is 5.26 Å². The monoisotopic (exact) mass is 215 g/mol. The maximum absolute atomic E-state index is 10.1. The number of nitrogens with zero attached hydrogens (tertiary/aromatic N) is 1. The molecule has 3 heteroatoms. The van der Waals surface area contributed by atoms with Crippen molar-refractivity contribution in [3.05, 3.63) is 41.2 Å². The summed E-state index contributed by atoms with van der Waals surface area (Å²) in [6, 6.07) is 9.56. The fourth-order valence-electron chi connectivity index (χ4n) is 1.27. The van der Waals surface area contributed by atoms with Crippen LogP contribution in [0.25, 0.3) is 6.08 Å². The van der Waals surface area contributed by atoms with Gasteiger partial charge in [0.2, 0.25) is 5.76 Å². The van der Waals surface area contributed by atoms with E-state index in [1.807, 2.05) is 24.3 Å². The lowest BCUT2D eigenvalue weighted by molar-refractivity contribution is -0.124. The van der Waals surface area contributed by atoms with Gasteiger partial charge >= 0.3 is 0 Å². The fraction of sp³-hybridized carbons (Fsp3) is 0.231. The quantitative estimate of drug-likeness (QED) is 0.441. The maximum atomic E-state index is 10.1. The third-order valence-electron chi connectivity index (χ3n) is 2.19. The molecule has 0 spiro atoms. The Balaban J connectivity index is 2.90. The van der Waals surface area contributed by atoms with E-state index < -0.39 is 0 Å². The summed E-state index contributed by atoms with van der Waals surface area (Å²) in [6.07, 6.45) is 1.53. The number of allylic oxidation sites excluding steroid dienone is 1. The molecule has 1 aromatic rings. The first-order valence-corrected chi connectivity index (χ1v) is 4.99. The number of benzene rings is 1. The van der Waals surface area contributed by atoms with Gasteiger partial charge in [-0.3, -0.25) is 4.79 Å². The second-order valence-electron chi connectivity index (χ2n) is 3.66. The standard InChI is InChI=1S/C13H13NO2/c1-10(2)12-5-3-11(4-6-12)7-13(8-14)16-9-15/h3-7,9-10H,1-2H3/b13-7+. The summed E-state index contributed by atoms with van der Waals surface area (Å²) in [6.45, 7) is 4.47. The number of carbonyl (C=O) groups excluding carboxylic acids is 1. The molecule has 0 saturated carbocycles. The number of ether oxygens (including phenoxy) is 1. The summed E-state index contributed by atoms with van der Waals surface area (Å²) in [7, 11) is 0. The second kappa shape index (κ2) is 5.72. The first-order chi connectivity index (χ1) is 7.67. The normalized spacial score (nSPS) is 11.0. The lowest BCUT2D eigenvalue weighted by atomic mass is 10.0. The third-order valence-corrected chi connectivity index (χ3v) is 2.19. The van der Waals surface area contributed by atoms with Crippen molar-refractivity contribution in [2.45, 2.75) is 19.8 Å². The van der Waals surface area contributed by atoms with Gasteiger partial charge in [0.15, 0.2) is 0 Å². The molecule has 82 valence electrons. The molecule has 0 heterocycles. The lowest BCUT2D eigenvalue weighted by Crippen LogP contribution is -1.88. The van der Waals surface area contributed by atoms with E-state index in [-0.39, 0.29) is 12.2 Å². The van der Waals surface area contributed by atoms with Crippen molar-refractivity contribution in [2.75, 3.05) is 0 Å². The predicted molar refractivity (Wildman–Crippen MR) is 61.3 cm³/mol. The Morgan fingerprint density at radius 2 is 2.00 bits per heavy atom. The van der Waals surface area contributed by atoms with E-state index in [0.717, 1.165) is 5.56 Å². The summed E-state index contributed by atoms with van der Waals surface area (Å²) >= 11 is 0. The first-order valence-electron chi connectivity index (χ1n) is 4.99. The summed E-state index contributed by atoms with van der Waals surface area (Å²) in [5, 5.41) is 8.66. The molecule has 0 bridgehead atoms. The molecule has 0 amide bonds. The largest absolute Gasteiger partial charge is 0.417 e. The van der Waals surface area contributed by atoms with Crippen molar-refractivity contribution < 1.29 is 9.53 Å². The van der Waals surface area contributed by atoms with Crippen LogP contribution in [-0.2, 0) is 9.53 Å². The minimum Gasteiger partial charge on any atom is -0.417 e. The lowest BCUT2D eigenvalue weighted by Gasteiger charge is -2.04. The highest BCUT2D eigenvalue weighted by Crippen LogP contribution is 2.16. The predicted octanol–water partition coefficient (Wildman–Crippen LogP) is 2.85. The average Bonchev–Trinajstić information content (AvgIpc) is 2.29. The second-order valence-corrected chi connectivity index (χ2v) is 3.66. The van der Waals surface area contributed by atoms with E-state index in [9.17, 15) is 4.79 Å². The minimum atomic E-state index is -0.00713. The van der Waals surface area contributed by atoms with Crippen molar-refractivity contribution in [2.24, 2.45) is 0 Å². The van der Waals surface area contributed by atoms with Crippen molar-refractivity contribution in [1.82, 2.24) is 0 Å². The molecule has 0 aliphatic heterocycles. The molecule has 3 nitrogen and oxygen atoms in total. The van der Waals surface area contributed by atoms with E-state index in [0.29, 0.717) is 5.92 Å². The van der Waals surface area contributed by atoms with E-state index >= 15 is 0 Å². The molecular weight excluding hydrogens is 202 g/mol. The van der Waals surface area contributed by atoms with Gasteiger partial charge in [-0.15, -0.1) is 0 Å². The molecule has 0 N–H and O–H groups in total. The zero-order valence-electron chi connectivity index (χ0n) is 9.31. The van der Waals surface area contributed by atoms with Gasteiger partial charge in [-0.05, 0) is 23.1 Å². The van der Waals surface area contributed by atoms with E-state index in [1.54, 1.807) is 6.07 Å². The number of nitriles is 1. The van der Waals surface area contributed by atoms with Crippen LogP contribution in [0.3, 0.4) is 0 Å². The summed E-state index contributed by atoms with van der Waals surface area (Å²) in [4.78, 5) is 10.1. The highest BCUT2D eigenvalue weighted by Gasteiger charge is 1.99. The van der Waals surface area contributed by atoms with Crippen molar-refractivity contribution >= 4 is 12.5 Å². The van der Waals surface area contributed by atoms with Crippen LogP contribution in [0, 0.1) is 11.3 Å². The van der Waals surface area contributed by atoms with Crippen LogP contribution in [0.5, 0.6) is 0 Å². The van der Waals surface area contributed by atoms with Gasteiger partial charge in [-0.25, -0.2) is 0 Å². The fourth-order valence-corrected chi connectivity index (χ4v) is 1.27. The van der Waals surface area contributed by atoms with Gasteiger partial charge in [-0.2, -0.15) is 5.26 Å². The molecule has 16 heavy (non-hydrogen) atoms. The molecule has 1 rings (SSSR count). The molecule has 0 saturated heterocycles. The summed E-state index contributed by atoms with van der Waals surface area (Å²) in [5.41, 5.74) is 2.06. The molecular formula is C13H13NO2. The van der Waals surface area contributed by atoms with Gasteiger partial charge in [0.1, 0.15) is 6.07 Å². The molecule has 1 aromatic carbocycles. The smallest absolute Gasteiger partial charge is 0.299 e. The summed E-state index contributed by atoms with van der Waals surface area (Å²) in [5.74, 6) is 0.465. The van der Waals surface area contributed by atoms with Crippen LogP contribution in [-0.4, -0.2) is 6.47 Å². The van der Waals surface area contributed by atoms with Crippen molar-refractivity contribution in [3.63, 3.8) is 0 Å². The van der Waals surface area contributed by atoms with Gasteiger partial charge in [0, 0.05) is 0 Å². The van der Waals surface area contributed by atoms with E-state index in [4.69, 9.17) is 5.26 Å². The first kappa shape index (κ1) is 12.0. The summed E-state index contributed by atoms with van der Waals surface area (Å²) < 4.78 is 4.49. The number of hydrogen-bond donors (Lipinski definition) is 0. The number of carbonyl (C=O) groups is 1. The van der Waals surface area contributed by atoms with Gasteiger partial charge < -0.3 is 4.74 Å². The molecule has 0 fully saturated rings. The number of rotatable bonds is 4. The van der Waals surface area contributed by atoms with Crippen LogP contribution >= 0.6 is 0 Å². The van der Waals surface area contributed by atoms with Crippen molar-refractivity contribution in [3.8, 4) is 6.07 Å². The highest BCUT2D eigenvalue weighted by atomic mass is 16.5. The van der Waals surface area contributed by atoms with E-state index in [2.05, 4.69) is 18.6 Å². The Morgan fingerprint density at radius 1 is 1.38 bits per heavy atom. The molecule has 0 unspecified atom stereocenters. The van der Waals surface area contributed by atoms with Crippen LogP contribution in [0.2, 0.25) is 0 Å². The molecule has 0 aliphatic carbocycles. The highest BCUT2D eigenvalue weighted by molar-refractivity contribution is 5.58. The Morgan fingerprint density at radius 3 is 2.44 bits per heavy atom. The molecule has 0 atom stereocenters. The van der Waals surface area contributed by atoms with E-state index in [1.165, 1.54) is 11.6 Å². The Bertz CT molecular complexity index is 424. The SMILES string of the molecule is CC(C)c1ccc(/C=C(\C#N)OC=O)cc1. The topological polar surface area (TPSA) is 50.1 Å². The zero-order valence-corrected chi connectivity index (χ0v) is 9.31.